The number of aliphatic imine (C=N–C) groups is 1. The van der Waals surface area contributed by atoms with Crippen LogP contribution in [0.25, 0.3) is 39.1 Å². The van der Waals surface area contributed by atoms with Crippen molar-refractivity contribution in [3.05, 3.63) is 245 Å². The predicted molar refractivity (Wildman–Crippen MR) is 237 cm³/mol. The Hall–Kier alpha value is -7.19. The summed E-state index contributed by atoms with van der Waals surface area (Å²) < 4.78 is 0. The van der Waals surface area contributed by atoms with Crippen LogP contribution < -0.4 is 5.32 Å². The Labute approximate surface area is 342 Å². The normalized spacial score (nSPS) is 15.5. The van der Waals surface area contributed by atoms with E-state index in [9.17, 15) is 5.26 Å². The summed E-state index contributed by atoms with van der Waals surface area (Å²) in [5, 5.41) is 13.3. The highest BCUT2D eigenvalue weighted by molar-refractivity contribution is 7.99. The average molecular weight is 758 g/mol. The summed E-state index contributed by atoms with van der Waals surface area (Å²) in [7, 11) is 0. The van der Waals surface area contributed by atoms with E-state index >= 15 is 0 Å². The molecule has 8 aromatic rings. The highest BCUT2D eigenvalue weighted by Gasteiger charge is 2.50. The lowest BCUT2D eigenvalue weighted by molar-refractivity contribution is 0.664. The Morgan fingerprint density at radius 2 is 1.10 bits per heavy atom. The van der Waals surface area contributed by atoms with E-state index in [-0.39, 0.29) is 6.17 Å². The lowest BCUT2D eigenvalue weighted by Gasteiger charge is -2.39. The number of nitriles is 1. The standard InChI is InChI=1S/C54H35N3S/c55-34-35-25-27-36(28-26-35)42-19-12-22-47-52(42)43-32-40(29-30-44(43)54(47)45-20-7-9-23-50(45)58-51-24-10-8-21-46(51)54)39-17-11-18-41(31-39)49-33-48(37-13-3-1-4-14-37)56-53(57-49)38-15-5-2-6-16-38/h1-33,53,56H. The van der Waals surface area contributed by atoms with Crippen LogP contribution in [0.2, 0.25) is 0 Å². The molecule has 11 rings (SSSR count). The molecule has 4 heteroatoms. The van der Waals surface area contributed by atoms with Crippen molar-refractivity contribution >= 4 is 23.2 Å². The van der Waals surface area contributed by atoms with E-state index in [2.05, 4.69) is 193 Å². The summed E-state index contributed by atoms with van der Waals surface area (Å²) in [6.07, 6.45) is 1.96. The monoisotopic (exact) mass is 757 g/mol. The molecule has 2 aliphatic heterocycles. The molecule has 2 heterocycles. The second-order valence-corrected chi connectivity index (χ2v) is 16.1. The fourth-order valence-electron chi connectivity index (χ4n) is 9.23. The summed E-state index contributed by atoms with van der Waals surface area (Å²) in [4.78, 5) is 7.84. The van der Waals surface area contributed by atoms with Crippen LogP contribution in [0.5, 0.6) is 0 Å². The highest BCUT2D eigenvalue weighted by atomic mass is 32.2. The molecule has 0 saturated carbocycles. The van der Waals surface area contributed by atoms with Crippen LogP contribution in [-0.4, -0.2) is 5.71 Å². The van der Waals surface area contributed by atoms with Crippen molar-refractivity contribution in [3.8, 4) is 39.4 Å². The van der Waals surface area contributed by atoms with Crippen LogP contribution in [0.3, 0.4) is 0 Å². The summed E-state index contributed by atoms with van der Waals surface area (Å²) in [5.41, 5.74) is 17.6. The van der Waals surface area contributed by atoms with Crippen LogP contribution in [-0.2, 0) is 5.41 Å². The third-order valence-corrected chi connectivity index (χ3v) is 13.0. The Morgan fingerprint density at radius 1 is 0.500 bits per heavy atom. The van der Waals surface area contributed by atoms with E-state index in [1.807, 2.05) is 30.0 Å². The largest absolute Gasteiger partial charge is 0.360 e. The van der Waals surface area contributed by atoms with Crippen molar-refractivity contribution in [1.82, 2.24) is 5.32 Å². The molecule has 1 N–H and O–H groups in total. The fourth-order valence-corrected chi connectivity index (χ4v) is 10.4. The third kappa shape index (κ3) is 5.39. The number of allylic oxidation sites excluding steroid dienone is 1. The minimum atomic E-state index is -0.499. The van der Waals surface area contributed by atoms with E-state index in [0.29, 0.717) is 5.56 Å². The van der Waals surface area contributed by atoms with E-state index < -0.39 is 5.41 Å². The molecule has 3 aliphatic rings. The van der Waals surface area contributed by atoms with E-state index in [0.717, 1.165) is 50.4 Å². The molecular weight excluding hydrogens is 723 g/mol. The Morgan fingerprint density at radius 3 is 1.84 bits per heavy atom. The Balaban J connectivity index is 1.11. The molecule has 1 spiro atoms. The van der Waals surface area contributed by atoms with E-state index in [1.54, 1.807) is 0 Å². The van der Waals surface area contributed by atoms with Crippen LogP contribution in [0.1, 0.15) is 50.7 Å². The minimum absolute atomic E-state index is 0.215. The molecule has 0 saturated heterocycles. The van der Waals surface area contributed by atoms with Gasteiger partial charge in [-0.05, 0) is 109 Å². The van der Waals surface area contributed by atoms with Crippen molar-refractivity contribution in [2.24, 2.45) is 4.99 Å². The molecule has 58 heavy (non-hydrogen) atoms. The summed E-state index contributed by atoms with van der Waals surface area (Å²) in [5.74, 6) is 0. The highest BCUT2D eigenvalue weighted by Crippen LogP contribution is 2.63. The Bertz CT molecular complexity index is 2970. The second-order valence-electron chi connectivity index (χ2n) is 15.0. The number of fused-ring (bicyclic) bond motifs is 9. The molecule has 0 amide bonds. The zero-order valence-electron chi connectivity index (χ0n) is 31.4. The number of hydrogen-bond donors (Lipinski definition) is 1. The van der Waals surface area contributed by atoms with Crippen molar-refractivity contribution < 1.29 is 0 Å². The lowest BCUT2D eigenvalue weighted by Crippen LogP contribution is -2.31. The summed E-state index contributed by atoms with van der Waals surface area (Å²) in [6, 6.07) is 71.8. The molecule has 0 aromatic heterocycles. The zero-order chi connectivity index (χ0) is 38.6. The lowest BCUT2D eigenvalue weighted by atomic mass is 9.67. The van der Waals surface area contributed by atoms with Gasteiger partial charge in [-0.3, -0.25) is 4.99 Å². The molecule has 3 nitrogen and oxygen atoms in total. The number of hydrogen-bond acceptors (Lipinski definition) is 4. The van der Waals surface area contributed by atoms with E-state index in [1.165, 1.54) is 43.2 Å². The fraction of sp³-hybridized carbons (Fsp3) is 0.0370. The number of benzene rings is 8. The second kappa shape index (κ2) is 13.8. The maximum Gasteiger partial charge on any atom is 0.145 e. The van der Waals surface area contributed by atoms with Gasteiger partial charge in [0, 0.05) is 21.1 Å². The van der Waals surface area contributed by atoms with Crippen molar-refractivity contribution in [1.29, 1.82) is 5.26 Å². The van der Waals surface area contributed by atoms with Crippen molar-refractivity contribution in [3.63, 3.8) is 0 Å². The first-order valence-electron chi connectivity index (χ1n) is 19.6. The van der Waals surface area contributed by atoms with Crippen LogP contribution in [0.4, 0.5) is 0 Å². The van der Waals surface area contributed by atoms with Gasteiger partial charge in [0.05, 0.1) is 22.8 Å². The first-order valence-corrected chi connectivity index (χ1v) is 20.4. The van der Waals surface area contributed by atoms with Gasteiger partial charge in [-0.15, -0.1) is 0 Å². The number of nitrogens with one attached hydrogen (secondary N) is 1. The Kier molecular flexibility index (Phi) is 8.10. The molecule has 1 atom stereocenters. The zero-order valence-corrected chi connectivity index (χ0v) is 32.2. The smallest absolute Gasteiger partial charge is 0.145 e. The van der Waals surface area contributed by atoms with Gasteiger partial charge < -0.3 is 5.32 Å². The first-order chi connectivity index (χ1) is 28.7. The molecule has 1 aliphatic carbocycles. The summed E-state index contributed by atoms with van der Waals surface area (Å²) >= 11 is 1.86. The van der Waals surface area contributed by atoms with E-state index in [4.69, 9.17) is 4.99 Å². The van der Waals surface area contributed by atoms with Gasteiger partial charge in [-0.25, -0.2) is 0 Å². The predicted octanol–water partition coefficient (Wildman–Crippen LogP) is 12.9. The van der Waals surface area contributed by atoms with Gasteiger partial charge >= 0.3 is 0 Å². The van der Waals surface area contributed by atoms with Crippen LogP contribution in [0, 0.1) is 11.3 Å². The van der Waals surface area contributed by atoms with Gasteiger partial charge in [0.25, 0.3) is 0 Å². The van der Waals surface area contributed by atoms with Crippen molar-refractivity contribution in [2.75, 3.05) is 0 Å². The third-order valence-electron chi connectivity index (χ3n) is 11.8. The molecule has 0 bridgehead atoms. The topological polar surface area (TPSA) is 48.2 Å². The maximum atomic E-state index is 9.64. The first kappa shape index (κ1) is 34.1. The minimum Gasteiger partial charge on any atom is -0.360 e. The molecule has 1 unspecified atom stereocenters. The SMILES string of the molecule is N#Cc1ccc(-c2cccc3c2-c2cc(-c4cccc(C5=NC(c6ccccc6)NC(c6ccccc6)=C5)c4)ccc2C32c3ccccc3Sc3ccccc32)cc1. The van der Waals surface area contributed by atoms with Crippen LogP contribution >= 0.6 is 11.8 Å². The van der Waals surface area contributed by atoms with Gasteiger partial charge in [0.1, 0.15) is 6.17 Å². The number of nitrogens with zero attached hydrogens (tertiary/aromatic N) is 2. The molecule has 8 aromatic carbocycles. The quantitative estimate of drug-likeness (QED) is 0.190. The van der Waals surface area contributed by atoms with Gasteiger partial charge in [0.2, 0.25) is 0 Å². The average Bonchev–Trinajstić information content (AvgIpc) is 3.59. The maximum absolute atomic E-state index is 9.64. The summed E-state index contributed by atoms with van der Waals surface area (Å²) in [6.45, 7) is 0. The molecule has 0 fully saturated rings. The van der Waals surface area contributed by atoms with Gasteiger partial charge in [-0.1, -0.05) is 169 Å². The van der Waals surface area contributed by atoms with Gasteiger partial charge in [-0.2, -0.15) is 5.26 Å². The van der Waals surface area contributed by atoms with Crippen molar-refractivity contribution in [2.45, 2.75) is 21.4 Å². The molecule has 0 radical (unpaired) electrons. The van der Waals surface area contributed by atoms with Crippen LogP contribution in [0.15, 0.2) is 215 Å². The van der Waals surface area contributed by atoms with Gasteiger partial charge in [0.15, 0.2) is 0 Å². The molecular formula is C54H35N3S. The number of rotatable bonds is 5. The molecule has 272 valence electrons.